The molecule has 0 unspecified atom stereocenters. The monoisotopic (exact) mass is 200 g/mol. The van der Waals surface area contributed by atoms with Gasteiger partial charge in [-0.3, -0.25) is 0 Å². The molecular weight excluding hydrogens is 184 g/mol. The Hall–Kier alpha value is -1.58. The SMILES string of the molecule is C=CC(=O)OC.CC=C(CC)C(=O)O. The molecule has 0 saturated heterocycles. The van der Waals surface area contributed by atoms with E-state index in [9.17, 15) is 9.59 Å². The molecule has 0 bridgehead atoms. The molecule has 0 aliphatic rings. The number of carboxylic acids is 1. The molecule has 14 heavy (non-hydrogen) atoms. The summed E-state index contributed by atoms with van der Waals surface area (Å²) in [4.78, 5) is 19.9. The molecule has 4 nitrogen and oxygen atoms in total. The van der Waals surface area contributed by atoms with Crippen molar-refractivity contribution in [2.24, 2.45) is 0 Å². The summed E-state index contributed by atoms with van der Waals surface area (Å²) in [6, 6.07) is 0. The fraction of sp³-hybridized carbons (Fsp3) is 0.400. The Kier molecular flexibility index (Phi) is 10.1. The number of carbonyl (C=O) groups excluding carboxylic acids is 1. The van der Waals surface area contributed by atoms with Gasteiger partial charge in [0.25, 0.3) is 0 Å². The molecule has 1 N–H and O–H groups in total. The van der Waals surface area contributed by atoms with E-state index in [0.717, 1.165) is 6.08 Å². The van der Waals surface area contributed by atoms with E-state index in [4.69, 9.17) is 5.11 Å². The predicted octanol–water partition coefficient (Wildman–Crippen LogP) is 1.77. The summed E-state index contributed by atoms with van der Waals surface area (Å²) in [5.74, 6) is -1.20. The van der Waals surface area contributed by atoms with Gasteiger partial charge in [0.2, 0.25) is 0 Å². The lowest BCUT2D eigenvalue weighted by Gasteiger charge is -1.91. The fourth-order valence-corrected chi connectivity index (χ4v) is 0.562. The van der Waals surface area contributed by atoms with Gasteiger partial charge in [-0.05, 0) is 13.3 Å². The average molecular weight is 200 g/mol. The van der Waals surface area contributed by atoms with E-state index in [1.165, 1.54) is 7.11 Å². The van der Waals surface area contributed by atoms with Crippen molar-refractivity contribution in [2.45, 2.75) is 20.3 Å². The molecule has 0 heterocycles. The van der Waals surface area contributed by atoms with Crippen LogP contribution in [0.5, 0.6) is 0 Å². The second kappa shape index (κ2) is 9.51. The van der Waals surface area contributed by atoms with Gasteiger partial charge in [0.1, 0.15) is 0 Å². The van der Waals surface area contributed by atoms with Crippen molar-refractivity contribution in [1.29, 1.82) is 0 Å². The molecule has 0 rings (SSSR count). The normalized spacial score (nSPS) is 9.50. The van der Waals surface area contributed by atoms with Crippen LogP contribution in [-0.2, 0) is 14.3 Å². The Bertz CT molecular complexity index is 228. The van der Waals surface area contributed by atoms with Crippen molar-refractivity contribution in [1.82, 2.24) is 0 Å². The number of ether oxygens (including phenoxy) is 1. The van der Waals surface area contributed by atoms with Crippen molar-refractivity contribution in [2.75, 3.05) is 7.11 Å². The summed E-state index contributed by atoms with van der Waals surface area (Å²) in [6.45, 7) is 6.71. The summed E-state index contributed by atoms with van der Waals surface area (Å²) in [5, 5.41) is 8.30. The first-order chi connectivity index (χ1) is 6.53. The maximum Gasteiger partial charge on any atom is 0.331 e. The zero-order chi connectivity index (χ0) is 11.6. The van der Waals surface area contributed by atoms with Crippen LogP contribution < -0.4 is 0 Å². The van der Waals surface area contributed by atoms with E-state index in [-0.39, 0.29) is 0 Å². The predicted molar refractivity (Wildman–Crippen MR) is 53.9 cm³/mol. The highest BCUT2D eigenvalue weighted by atomic mass is 16.5. The Morgan fingerprint density at radius 1 is 1.50 bits per heavy atom. The molecule has 80 valence electrons. The van der Waals surface area contributed by atoms with Crippen molar-refractivity contribution < 1.29 is 19.4 Å². The summed E-state index contributed by atoms with van der Waals surface area (Å²) in [5.41, 5.74) is 0.477. The minimum absolute atomic E-state index is 0.394. The number of carboxylic acid groups (broad SMARTS) is 1. The minimum Gasteiger partial charge on any atom is -0.478 e. The molecule has 0 atom stereocenters. The first-order valence-electron chi connectivity index (χ1n) is 4.12. The maximum absolute atomic E-state index is 10.1. The molecular formula is C10H16O4. The number of carbonyl (C=O) groups is 2. The Morgan fingerprint density at radius 2 is 2.00 bits per heavy atom. The summed E-state index contributed by atoms with van der Waals surface area (Å²) < 4.78 is 4.14. The first kappa shape index (κ1) is 14.9. The second-order valence-corrected chi connectivity index (χ2v) is 2.20. The number of esters is 1. The van der Waals surface area contributed by atoms with Crippen LogP contribution in [0.4, 0.5) is 0 Å². The lowest BCUT2D eigenvalue weighted by atomic mass is 10.2. The molecule has 0 saturated carbocycles. The average Bonchev–Trinajstić information content (AvgIpc) is 2.19. The minimum atomic E-state index is -0.810. The molecule has 0 aliphatic heterocycles. The highest BCUT2D eigenvalue weighted by Gasteiger charge is 1.99. The van der Waals surface area contributed by atoms with Crippen LogP contribution in [0.25, 0.3) is 0 Å². The molecule has 0 aromatic carbocycles. The van der Waals surface area contributed by atoms with Gasteiger partial charge in [-0.15, -0.1) is 0 Å². The van der Waals surface area contributed by atoms with Gasteiger partial charge in [-0.25, -0.2) is 9.59 Å². The van der Waals surface area contributed by atoms with E-state index < -0.39 is 11.9 Å². The number of rotatable bonds is 3. The molecule has 0 spiro atoms. The number of hydrogen-bond acceptors (Lipinski definition) is 3. The molecule has 0 aromatic rings. The van der Waals surface area contributed by atoms with Gasteiger partial charge >= 0.3 is 11.9 Å². The van der Waals surface area contributed by atoms with Crippen LogP contribution >= 0.6 is 0 Å². The highest BCUT2D eigenvalue weighted by molar-refractivity contribution is 5.86. The number of allylic oxidation sites excluding steroid dienone is 1. The van der Waals surface area contributed by atoms with E-state index >= 15 is 0 Å². The first-order valence-corrected chi connectivity index (χ1v) is 4.12. The third kappa shape index (κ3) is 8.52. The van der Waals surface area contributed by atoms with Crippen molar-refractivity contribution >= 4 is 11.9 Å². The van der Waals surface area contributed by atoms with Crippen LogP contribution in [0.15, 0.2) is 24.3 Å². The summed E-state index contributed by atoms with van der Waals surface area (Å²) >= 11 is 0. The quantitative estimate of drug-likeness (QED) is 0.557. The number of hydrogen-bond donors (Lipinski definition) is 1. The third-order valence-corrected chi connectivity index (χ3v) is 1.37. The third-order valence-electron chi connectivity index (χ3n) is 1.37. The molecule has 4 heteroatoms. The van der Waals surface area contributed by atoms with Crippen molar-refractivity contribution in [3.8, 4) is 0 Å². The zero-order valence-electron chi connectivity index (χ0n) is 8.74. The molecule has 0 aliphatic carbocycles. The summed E-state index contributed by atoms with van der Waals surface area (Å²) in [7, 11) is 1.31. The second-order valence-electron chi connectivity index (χ2n) is 2.20. The van der Waals surface area contributed by atoms with Crippen molar-refractivity contribution in [3.63, 3.8) is 0 Å². The maximum atomic E-state index is 10.1. The highest BCUT2D eigenvalue weighted by Crippen LogP contribution is 1.97. The standard InChI is InChI=1S/C6H10O2.C4H6O2/c1-3-5(4-2)6(7)8;1-3-4(5)6-2/h3H,4H2,1-2H3,(H,7,8);3H,1H2,2H3. The van der Waals surface area contributed by atoms with E-state index in [0.29, 0.717) is 12.0 Å². The lowest BCUT2D eigenvalue weighted by molar-refractivity contribution is -0.135. The van der Waals surface area contributed by atoms with Crippen LogP contribution in [0.1, 0.15) is 20.3 Å². The zero-order valence-corrected chi connectivity index (χ0v) is 8.74. The van der Waals surface area contributed by atoms with Crippen molar-refractivity contribution in [3.05, 3.63) is 24.3 Å². The topological polar surface area (TPSA) is 63.6 Å². The van der Waals surface area contributed by atoms with E-state index in [1.807, 2.05) is 6.92 Å². The Morgan fingerprint density at radius 3 is 2.00 bits per heavy atom. The van der Waals surface area contributed by atoms with E-state index in [1.54, 1.807) is 13.0 Å². The van der Waals surface area contributed by atoms with Crippen LogP contribution in [-0.4, -0.2) is 24.2 Å². The van der Waals surface area contributed by atoms with Gasteiger partial charge in [0.05, 0.1) is 7.11 Å². The van der Waals surface area contributed by atoms with Crippen LogP contribution in [0.3, 0.4) is 0 Å². The Balaban J connectivity index is 0. The summed E-state index contributed by atoms with van der Waals surface area (Å²) in [6.07, 6.45) is 3.33. The number of aliphatic carboxylic acids is 1. The molecule has 0 amide bonds. The van der Waals surface area contributed by atoms with Gasteiger partial charge in [0.15, 0.2) is 0 Å². The van der Waals surface area contributed by atoms with Gasteiger partial charge in [-0.1, -0.05) is 19.6 Å². The Labute approximate surface area is 83.9 Å². The van der Waals surface area contributed by atoms with Gasteiger partial charge < -0.3 is 9.84 Å². The van der Waals surface area contributed by atoms with Crippen LogP contribution in [0.2, 0.25) is 0 Å². The van der Waals surface area contributed by atoms with E-state index in [2.05, 4.69) is 11.3 Å². The largest absolute Gasteiger partial charge is 0.478 e. The fourth-order valence-electron chi connectivity index (χ4n) is 0.562. The molecule has 0 fully saturated rings. The molecule has 0 aromatic heterocycles. The van der Waals surface area contributed by atoms with Gasteiger partial charge in [0, 0.05) is 11.6 Å². The van der Waals surface area contributed by atoms with Crippen LogP contribution in [0, 0.1) is 0 Å². The van der Waals surface area contributed by atoms with Gasteiger partial charge in [-0.2, -0.15) is 0 Å². The number of methoxy groups -OCH3 is 1. The molecule has 0 radical (unpaired) electrons. The lowest BCUT2D eigenvalue weighted by Crippen LogP contribution is -1.97. The smallest absolute Gasteiger partial charge is 0.331 e.